The molecule has 0 saturated heterocycles. The molecule has 8 N–H and O–H groups in total. The van der Waals surface area contributed by atoms with Crippen LogP contribution >= 0.6 is 0 Å². The summed E-state index contributed by atoms with van der Waals surface area (Å²) < 4.78 is 27.4. The van der Waals surface area contributed by atoms with Crippen LogP contribution in [0, 0.1) is 5.92 Å². The summed E-state index contributed by atoms with van der Waals surface area (Å²) in [5.41, 5.74) is 2.66. The van der Waals surface area contributed by atoms with Crippen LogP contribution in [0.2, 0.25) is 0 Å². The minimum atomic E-state index is -4.01. The van der Waals surface area contributed by atoms with Gasteiger partial charge < -0.3 is 36.4 Å². The number of rotatable bonds is 18. The van der Waals surface area contributed by atoms with E-state index in [-0.39, 0.29) is 41.6 Å². The number of hydrogen-bond donors (Lipinski definition) is 8. The third-order valence-electron chi connectivity index (χ3n) is 8.97. The van der Waals surface area contributed by atoms with Gasteiger partial charge in [-0.3, -0.25) is 9.59 Å². The van der Waals surface area contributed by atoms with Gasteiger partial charge in [0.25, 0.3) is 15.9 Å². The molecule has 49 heavy (non-hydrogen) atoms. The standard InChI is InChI=1S/C35H52N4O9S/c1-3-26(27-13-9-25(10-14-27)21-37-34(45)32(43)31(42)20-29(41)22-40)19-23(2)33(44)36-18-17-24-11-15-30(16-12-24)49(47,48)39-35(46)38-28-7-5-4-6-8-28/h9-16,23,26,28-29,31-32,40-43H,3-8,17-22H2,1-2H3,(H,36,44)(H,37,45)(H2,38,39,46). The zero-order valence-corrected chi connectivity index (χ0v) is 29.1. The molecule has 0 bridgehead atoms. The molecule has 0 spiro atoms. The summed E-state index contributed by atoms with van der Waals surface area (Å²) in [5, 5.41) is 46.4. The first-order valence-electron chi connectivity index (χ1n) is 17.0. The van der Waals surface area contributed by atoms with Gasteiger partial charge in [0, 0.05) is 31.5 Å². The van der Waals surface area contributed by atoms with E-state index in [0.717, 1.165) is 55.2 Å². The minimum Gasteiger partial charge on any atom is -0.394 e. The predicted octanol–water partition coefficient (Wildman–Crippen LogP) is 1.97. The van der Waals surface area contributed by atoms with Gasteiger partial charge in [-0.25, -0.2) is 17.9 Å². The van der Waals surface area contributed by atoms with Crippen molar-refractivity contribution in [2.75, 3.05) is 13.2 Å². The zero-order valence-electron chi connectivity index (χ0n) is 28.3. The lowest BCUT2D eigenvalue weighted by atomic mass is 9.87. The number of hydrogen-bond acceptors (Lipinski definition) is 9. The average molecular weight is 705 g/mol. The fourth-order valence-electron chi connectivity index (χ4n) is 5.91. The summed E-state index contributed by atoms with van der Waals surface area (Å²) >= 11 is 0. The molecule has 1 saturated carbocycles. The minimum absolute atomic E-state index is 0.0106. The lowest BCUT2D eigenvalue weighted by molar-refractivity contribution is -0.136. The largest absolute Gasteiger partial charge is 0.394 e. The molecule has 14 heteroatoms. The Balaban J connectivity index is 1.41. The zero-order chi connectivity index (χ0) is 36.0. The van der Waals surface area contributed by atoms with Crippen LogP contribution in [0.4, 0.5) is 4.79 Å². The fraction of sp³-hybridized carbons (Fsp3) is 0.571. The lowest BCUT2D eigenvalue weighted by Crippen LogP contribution is -2.45. The number of amides is 4. The summed E-state index contributed by atoms with van der Waals surface area (Å²) in [7, 11) is -4.01. The summed E-state index contributed by atoms with van der Waals surface area (Å²) in [6.45, 7) is 3.83. The molecule has 1 aliphatic carbocycles. The van der Waals surface area contributed by atoms with E-state index in [4.69, 9.17) is 5.11 Å². The molecule has 0 aliphatic heterocycles. The van der Waals surface area contributed by atoms with Gasteiger partial charge >= 0.3 is 6.03 Å². The number of carbonyl (C=O) groups excluding carboxylic acids is 3. The Hall–Kier alpha value is -3.56. The van der Waals surface area contributed by atoms with Gasteiger partial charge in [0.1, 0.15) is 0 Å². The molecule has 0 aromatic heterocycles. The first-order chi connectivity index (χ1) is 23.3. The Morgan fingerprint density at radius 1 is 0.857 bits per heavy atom. The SMILES string of the molecule is CCC(CC(C)C(=O)NCCc1ccc(S(=O)(=O)NC(=O)NC2CCCCC2)cc1)c1ccc(CNC(=O)C(O)C(O)CC(O)CO)cc1. The third-order valence-corrected chi connectivity index (χ3v) is 10.3. The highest BCUT2D eigenvalue weighted by Gasteiger charge is 2.26. The van der Waals surface area contributed by atoms with Crippen LogP contribution in [-0.2, 0) is 32.6 Å². The Morgan fingerprint density at radius 3 is 2.10 bits per heavy atom. The Morgan fingerprint density at radius 2 is 1.49 bits per heavy atom. The molecule has 13 nitrogen and oxygen atoms in total. The second-order valence-corrected chi connectivity index (χ2v) is 14.6. The second kappa shape index (κ2) is 19.6. The van der Waals surface area contributed by atoms with Crippen molar-refractivity contribution >= 4 is 27.9 Å². The van der Waals surface area contributed by atoms with Crippen molar-refractivity contribution < 1.29 is 43.2 Å². The van der Waals surface area contributed by atoms with Crippen LogP contribution in [0.5, 0.6) is 0 Å². The van der Waals surface area contributed by atoms with E-state index in [1.54, 1.807) is 12.1 Å². The summed E-state index contributed by atoms with van der Waals surface area (Å²) in [6.07, 6.45) is 1.96. The first-order valence-corrected chi connectivity index (χ1v) is 18.5. The number of sulfonamides is 1. The average Bonchev–Trinajstić information content (AvgIpc) is 3.09. The van der Waals surface area contributed by atoms with Crippen LogP contribution < -0.4 is 20.7 Å². The van der Waals surface area contributed by atoms with Gasteiger partial charge in [0.05, 0.1) is 23.7 Å². The van der Waals surface area contributed by atoms with E-state index in [9.17, 15) is 38.1 Å². The van der Waals surface area contributed by atoms with Crippen LogP contribution in [0.1, 0.15) is 87.8 Å². The number of urea groups is 1. The first kappa shape index (κ1) is 39.9. The van der Waals surface area contributed by atoms with Crippen molar-refractivity contribution in [3.05, 3.63) is 65.2 Å². The topological polar surface area (TPSA) is 214 Å². The van der Waals surface area contributed by atoms with Gasteiger partial charge in [0.2, 0.25) is 5.91 Å². The van der Waals surface area contributed by atoms with E-state index < -0.39 is 46.9 Å². The number of carbonyl (C=O) groups is 3. The molecule has 3 rings (SSSR count). The van der Waals surface area contributed by atoms with Gasteiger partial charge in [-0.2, -0.15) is 0 Å². The smallest absolute Gasteiger partial charge is 0.328 e. The Bertz CT molecular complexity index is 1450. The molecule has 5 unspecified atom stereocenters. The Kier molecular flexibility index (Phi) is 15.9. The lowest BCUT2D eigenvalue weighted by Gasteiger charge is -2.22. The summed E-state index contributed by atoms with van der Waals surface area (Å²) in [4.78, 5) is 37.3. The van der Waals surface area contributed by atoms with Crippen LogP contribution in [0.3, 0.4) is 0 Å². The number of aliphatic hydroxyl groups excluding tert-OH is 4. The van der Waals surface area contributed by atoms with Crippen molar-refractivity contribution in [3.8, 4) is 0 Å². The number of nitrogens with one attached hydrogen (secondary N) is 4. The fourth-order valence-corrected chi connectivity index (χ4v) is 6.83. The molecule has 1 fully saturated rings. The molecule has 4 amide bonds. The molecular weight excluding hydrogens is 652 g/mol. The van der Waals surface area contributed by atoms with Crippen molar-refractivity contribution in [1.82, 2.24) is 20.7 Å². The predicted molar refractivity (Wildman–Crippen MR) is 184 cm³/mol. The normalized spacial score (nSPS) is 16.9. The molecule has 272 valence electrons. The highest BCUT2D eigenvalue weighted by molar-refractivity contribution is 7.90. The van der Waals surface area contributed by atoms with E-state index in [1.807, 2.05) is 38.1 Å². The van der Waals surface area contributed by atoms with Crippen LogP contribution in [-0.4, -0.2) is 84.2 Å². The summed E-state index contributed by atoms with van der Waals surface area (Å²) in [5.74, 6) is -1.02. The molecule has 0 radical (unpaired) electrons. The summed E-state index contributed by atoms with van der Waals surface area (Å²) in [6, 6.07) is 13.1. The van der Waals surface area contributed by atoms with E-state index in [2.05, 4.69) is 20.7 Å². The molecule has 2 aromatic rings. The van der Waals surface area contributed by atoms with Gasteiger partial charge in [-0.15, -0.1) is 0 Å². The number of aliphatic hydroxyl groups is 4. The maximum absolute atomic E-state index is 12.9. The second-order valence-electron chi connectivity index (χ2n) is 12.9. The Labute approximate surface area is 288 Å². The third kappa shape index (κ3) is 13.0. The quantitative estimate of drug-likeness (QED) is 0.114. The van der Waals surface area contributed by atoms with Gasteiger partial charge in [0.15, 0.2) is 6.10 Å². The molecule has 2 aromatic carbocycles. The molecule has 1 aliphatic rings. The van der Waals surface area contributed by atoms with E-state index in [1.165, 1.54) is 12.1 Å². The maximum atomic E-state index is 12.9. The molecule has 5 atom stereocenters. The van der Waals surface area contributed by atoms with Crippen molar-refractivity contribution in [3.63, 3.8) is 0 Å². The molecule has 0 heterocycles. The monoisotopic (exact) mass is 704 g/mol. The number of benzene rings is 2. The van der Waals surface area contributed by atoms with Gasteiger partial charge in [-0.05, 0) is 66.8 Å². The van der Waals surface area contributed by atoms with E-state index >= 15 is 0 Å². The van der Waals surface area contributed by atoms with Crippen molar-refractivity contribution in [2.45, 2.75) is 113 Å². The van der Waals surface area contributed by atoms with Crippen LogP contribution in [0.15, 0.2) is 53.4 Å². The highest BCUT2D eigenvalue weighted by atomic mass is 32.2. The maximum Gasteiger partial charge on any atom is 0.328 e. The van der Waals surface area contributed by atoms with E-state index in [0.29, 0.717) is 19.4 Å². The van der Waals surface area contributed by atoms with Crippen LogP contribution in [0.25, 0.3) is 0 Å². The van der Waals surface area contributed by atoms with Crippen molar-refractivity contribution in [1.29, 1.82) is 0 Å². The van der Waals surface area contributed by atoms with Gasteiger partial charge in [-0.1, -0.05) is 69.5 Å². The molecular formula is C35H52N4O9S. The highest BCUT2D eigenvalue weighted by Crippen LogP contribution is 2.27. The van der Waals surface area contributed by atoms with Crippen molar-refractivity contribution in [2.24, 2.45) is 5.92 Å².